The molecule has 0 aliphatic carbocycles. The maximum atomic E-state index is 12.4. The molecular formula is C20H23N5OS. The van der Waals surface area contributed by atoms with Gasteiger partial charge in [0.1, 0.15) is 0 Å². The highest BCUT2D eigenvalue weighted by atomic mass is 32.2. The predicted octanol–water partition coefficient (Wildman–Crippen LogP) is 3.75. The Balaban J connectivity index is 1.62. The van der Waals surface area contributed by atoms with Gasteiger partial charge in [0.25, 0.3) is 0 Å². The molecule has 0 radical (unpaired) electrons. The van der Waals surface area contributed by atoms with Gasteiger partial charge in [-0.25, -0.2) is 4.68 Å². The SMILES string of the molecule is CC(C)(C)c1ccccc1NC(=O)CSc1nnnn1Cc1ccccc1. The zero-order valence-corrected chi connectivity index (χ0v) is 16.5. The molecule has 3 aromatic rings. The molecule has 0 saturated heterocycles. The number of para-hydroxylation sites is 1. The molecule has 0 fully saturated rings. The van der Waals surface area contributed by atoms with Crippen LogP contribution in [0, 0.1) is 0 Å². The molecule has 1 heterocycles. The summed E-state index contributed by atoms with van der Waals surface area (Å²) in [4.78, 5) is 12.4. The van der Waals surface area contributed by atoms with E-state index in [1.54, 1.807) is 4.68 Å². The van der Waals surface area contributed by atoms with Crippen molar-refractivity contribution in [3.05, 3.63) is 65.7 Å². The summed E-state index contributed by atoms with van der Waals surface area (Å²) in [5.74, 6) is 0.166. The van der Waals surface area contributed by atoms with Crippen LogP contribution >= 0.6 is 11.8 Å². The smallest absolute Gasteiger partial charge is 0.234 e. The van der Waals surface area contributed by atoms with Gasteiger partial charge < -0.3 is 5.32 Å². The average molecular weight is 382 g/mol. The molecule has 0 bridgehead atoms. The summed E-state index contributed by atoms with van der Waals surface area (Å²) in [7, 11) is 0. The third kappa shape index (κ3) is 5.17. The Morgan fingerprint density at radius 2 is 1.78 bits per heavy atom. The van der Waals surface area contributed by atoms with E-state index >= 15 is 0 Å². The maximum Gasteiger partial charge on any atom is 0.234 e. The Kier molecular flexibility index (Phi) is 5.91. The first kappa shape index (κ1) is 19.1. The van der Waals surface area contributed by atoms with Gasteiger partial charge in [-0.15, -0.1) is 5.10 Å². The highest BCUT2D eigenvalue weighted by Gasteiger charge is 2.19. The van der Waals surface area contributed by atoms with Crippen LogP contribution in [0.25, 0.3) is 0 Å². The Labute approximate surface area is 163 Å². The number of amides is 1. The summed E-state index contributed by atoms with van der Waals surface area (Å²) in [5.41, 5.74) is 3.02. The van der Waals surface area contributed by atoms with Gasteiger partial charge >= 0.3 is 0 Å². The van der Waals surface area contributed by atoms with Crippen LogP contribution in [0.3, 0.4) is 0 Å². The van der Waals surface area contributed by atoms with Crippen LogP contribution in [0.1, 0.15) is 31.9 Å². The van der Waals surface area contributed by atoms with Gasteiger partial charge in [0.15, 0.2) is 0 Å². The molecule has 27 heavy (non-hydrogen) atoms. The number of nitrogens with one attached hydrogen (secondary N) is 1. The number of carbonyl (C=O) groups is 1. The third-order valence-corrected chi connectivity index (χ3v) is 4.97. The number of tetrazole rings is 1. The third-order valence-electron chi connectivity index (χ3n) is 4.02. The van der Waals surface area contributed by atoms with Crippen LogP contribution in [-0.4, -0.2) is 31.9 Å². The average Bonchev–Trinajstić information content (AvgIpc) is 3.07. The quantitative estimate of drug-likeness (QED) is 0.658. The highest BCUT2D eigenvalue weighted by molar-refractivity contribution is 7.99. The van der Waals surface area contributed by atoms with E-state index in [-0.39, 0.29) is 17.1 Å². The molecule has 0 aliphatic rings. The lowest BCUT2D eigenvalue weighted by molar-refractivity contribution is -0.113. The second-order valence-corrected chi connectivity index (χ2v) is 8.18. The van der Waals surface area contributed by atoms with Gasteiger partial charge in [-0.2, -0.15) is 0 Å². The van der Waals surface area contributed by atoms with Crippen LogP contribution in [0.2, 0.25) is 0 Å². The maximum absolute atomic E-state index is 12.4. The van der Waals surface area contributed by atoms with Crippen LogP contribution < -0.4 is 5.32 Å². The normalized spacial score (nSPS) is 11.4. The number of aromatic nitrogens is 4. The Bertz CT molecular complexity index is 902. The van der Waals surface area contributed by atoms with Crippen LogP contribution in [0.5, 0.6) is 0 Å². The zero-order valence-electron chi connectivity index (χ0n) is 15.7. The molecule has 0 aliphatic heterocycles. The van der Waals surface area contributed by atoms with Crippen molar-refractivity contribution in [2.75, 3.05) is 11.1 Å². The lowest BCUT2D eigenvalue weighted by atomic mass is 9.86. The molecule has 0 saturated carbocycles. The number of hydrogen-bond donors (Lipinski definition) is 1. The molecule has 2 aromatic carbocycles. The predicted molar refractivity (Wildman–Crippen MR) is 108 cm³/mol. The first-order valence-electron chi connectivity index (χ1n) is 8.76. The van der Waals surface area contributed by atoms with Crippen LogP contribution in [0.15, 0.2) is 59.8 Å². The van der Waals surface area contributed by atoms with Crippen molar-refractivity contribution < 1.29 is 4.79 Å². The standard InChI is InChI=1S/C20H23N5OS/c1-20(2,3)16-11-7-8-12-17(16)21-18(26)14-27-19-22-23-24-25(19)13-15-9-5-4-6-10-15/h4-12H,13-14H2,1-3H3,(H,21,26). The number of carbonyl (C=O) groups excluding carboxylic acids is 1. The van der Waals surface area contributed by atoms with Crippen molar-refractivity contribution in [3.63, 3.8) is 0 Å². The topological polar surface area (TPSA) is 72.7 Å². The molecule has 0 unspecified atom stereocenters. The molecule has 0 atom stereocenters. The minimum atomic E-state index is -0.0778. The van der Waals surface area contributed by atoms with Gasteiger partial charge in [0.05, 0.1) is 12.3 Å². The summed E-state index contributed by atoms with van der Waals surface area (Å²) in [6, 6.07) is 17.9. The summed E-state index contributed by atoms with van der Waals surface area (Å²) in [5, 5.41) is 15.4. The first-order valence-corrected chi connectivity index (χ1v) is 9.74. The molecule has 1 aromatic heterocycles. The van der Waals surface area contributed by atoms with E-state index in [2.05, 4.69) is 41.6 Å². The number of benzene rings is 2. The molecule has 7 heteroatoms. The van der Waals surface area contributed by atoms with E-state index in [4.69, 9.17) is 0 Å². The molecule has 1 N–H and O–H groups in total. The van der Waals surface area contributed by atoms with Gasteiger partial charge in [0.2, 0.25) is 11.1 Å². The minimum Gasteiger partial charge on any atom is -0.325 e. The summed E-state index contributed by atoms with van der Waals surface area (Å²) < 4.78 is 1.70. The molecule has 1 amide bonds. The lowest BCUT2D eigenvalue weighted by Crippen LogP contribution is -2.20. The van der Waals surface area contributed by atoms with Crippen LogP contribution in [-0.2, 0) is 16.8 Å². The van der Waals surface area contributed by atoms with E-state index in [0.29, 0.717) is 11.7 Å². The van der Waals surface area contributed by atoms with Crippen molar-refractivity contribution in [2.24, 2.45) is 0 Å². The van der Waals surface area contributed by atoms with Crippen molar-refractivity contribution in [3.8, 4) is 0 Å². The fourth-order valence-electron chi connectivity index (χ4n) is 2.72. The van der Waals surface area contributed by atoms with Gasteiger partial charge in [-0.1, -0.05) is 81.1 Å². The molecule has 140 valence electrons. The number of rotatable bonds is 6. The first-order chi connectivity index (χ1) is 12.9. The van der Waals surface area contributed by atoms with Crippen molar-refractivity contribution in [1.29, 1.82) is 0 Å². The largest absolute Gasteiger partial charge is 0.325 e. The Morgan fingerprint density at radius 3 is 2.52 bits per heavy atom. The van der Waals surface area contributed by atoms with E-state index in [9.17, 15) is 4.79 Å². The molecule has 0 spiro atoms. The van der Waals surface area contributed by atoms with Gasteiger partial charge in [-0.05, 0) is 33.0 Å². The number of hydrogen-bond acceptors (Lipinski definition) is 5. The Morgan fingerprint density at radius 1 is 1.07 bits per heavy atom. The van der Waals surface area contributed by atoms with Gasteiger partial charge in [0, 0.05) is 5.69 Å². The molecule has 6 nitrogen and oxygen atoms in total. The number of nitrogens with zero attached hydrogens (tertiary/aromatic N) is 4. The monoisotopic (exact) mass is 381 g/mol. The minimum absolute atomic E-state index is 0.0448. The van der Waals surface area contributed by atoms with Crippen molar-refractivity contribution in [1.82, 2.24) is 20.2 Å². The number of thioether (sulfide) groups is 1. The fourth-order valence-corrected chi connectivity index (χ4v) is 3.39. The van der Waals surface area contributed by atoms with E-state index < -0.39 is 0 Å². The number of anilines is 1. The molecule has 3 rings (SSSR count). The highest BCUT2D eigenvalue weighted by Crippen LogP contribution is 2.29. The van der Waals surface area contributed by atoms with Gasteiger partial charge in [-0.3, -0.25) is 4.79 Å². The summed E-state index contributed by atoms with van der Waals surface area (Å²) in [6.45, 7) is 6.96. The van der Waals surface area contributed by atoms with E-state index in [1.807, 2.05) is 54.6 Å². The van der Waals surface area contributed by atoms with Crippen LogP contribution in [0.4, 0.5) is 5.69 Å². The summed E-state index contributed by atoms with van der Waals surface area (Å²) in [6.07, 6.45) is 0. The second-order valence-electron chi connectivity index (χ2n) is 7.24. The van der Waals surface area contributed by atoms with E-state index in [0.717, 1.165) is 16.8 Å². The summed E-state index contributed by atoms with van der Waals surface area (Å²) >= 11 is 1.33. The van der Waals surface area contributed by atoms with Crippen molar-refractivity contribution in [2.45, 2.75) is 37.9 Å². The van der Waals surface area contributed by atoms with Crippen molar-refractivity contribution >= 4 is 23.4 Å². The van der Waals surface area contributed by atoms with E-state index in [1.165, 1.54) is 11.8 Å². The molecular weight excluding hydrogens is 358 g/mol. The Hall–Kier alpha value is -2.67. The second kappa shape index (κ2) is 8.35. The fraction of sp³-hybridized carbons (Fsp3) is 0.300. The lowest BCUT2D eigenvalue weighted by Gasteiger charge is -2.22. The zero-order chi connectivity index (χ0) is 19.3.